The summed E-state index contributed by atoms with van der Waals surface area (Å²) < 4.78 is 0. The van der Waals surface area contributed by atoms with Crippen LogP contribution in [-0.4, -0.2) is 12.5 Å². The van der Waals surface area contributed by atoms with Gasteiger partial charge >= 0.3 is 0 Å². The molecule has 0 saturated carbocycles. The highest BCUT2D eigenvalue weighted by molar-refractivity contribution is 7.44. The van der Waals surface area contributed by atoms with Crippen LogP contribution in [0.25, 0.3) is 6.08 Å². The Morgan fingerprint density at radius 3 is 2.30 bits per heavy atom. The number of halogens is 2. The Bertz CT molecular complexity index is 658. The summed E-state index contributed by atoms with van der Waals surface area (Å²) in [6.45, 7) is -0.0602. The van der Waals surface area contributed by atoms with Crippen LogP contribution in [-0.2, 0) is 6.42 Å². The van der Waals surface area contributed by atoms with Gasteiger partial charge in [0, 0.05) is 5.56 Å². The van der Waals surface area contributed by atoms with E-state index in [2.05, 4.69) is 0 Å². The van der Waals surface area contributed by atoms with E-state index in [1.54, 1.807) is 6.08 Å². The number of rotatable bonds is 7. The predicted octanol–water partition coefficient (Wildman–Crippen LogP) is 6.06. The first-order valence-electron chi connectivity index (χ1n) is 7.68. The quantitative estimate of drug-likeness (QED) is 0.253. The van der Waals surface area contributed by atoms with Crippen LogP contribution in [0.1, 0.15) is 27.9 Å². The highest BCUT2D eigenvalue weighted by Crippen LogP contribution is 2.22. The predicted molar refractivity (Wildman–Crippen MR) is 103 cm³/mol. The van der Waals surface area contributed by atoms with Crippen LogP contribution >= 0.6 is 22.2 Å². The molecular weight excluding hydrogens is 343 g/mol. The number of ketones is 1. The number of hydrogen-bond donors (Lipinski definition) is 0. The molecule has 0 heterocycles. The lowest BCUT2D eigenvalue weighted by molar-refractivity contribution is 0.104. The number of aryl methyl sites for hydroxylation is 1. The fourth-order valence-electron chi connectivity index (χ4n) is 2.27. The fourth-order valence-corrected chi connectivity index (χ4v) is 3.87. The first-order valence-corrected chi connectivity index (χ1v) is 12.4. The van der Waals surface area contributed by atoms with E-state index in [1.807, 2.05) is 67.2 Å². The average molecular weight is 363 g/mol. The molecule has 23 heavy (non-hydrogen) atoms. The number of hydrogen-bond acceptors (Lipinski definition) is 1. The Labute approximate surface area is 148 Å². The molecule has 0 aliphatic rings. The van der Waals surface area contributed by atoms with Crippen molar-refractivity contribution in [3.05, 3.63) is 77.4 Å². The average Bonchev–Trinajstić information content (AvgIpc) is 2.53. The molecule has 0 spiro atoms. The van der Waals surface area contributed by atoms with Crippen LogP contribution < -0.4 is 0 Å². The summed E-state index contributed by atoms with van der Waals surface area (Å²) >= 11 is 12.2. The van der Waals surface area contributed by atoms with E-state index in [0.29, 0.717) is 5.56 Å². The Morgan fingerprint density at radius 2 is 1.70 bits per heavy atom. The minimum atomic E-state index is -2.00. The molecule has 0 fully saturated rings. The molecule has 0 aliphatic heterocycles. The summed E-state index contributed by atoms with van der Waals surface area (Å²) in [4.78, 5) is 12.2. The van der Waals surface area contributed by atoms with E-state index in [1.165, 1.54) is 5.56 Å². The molecule has 0 aliphatic carbocycles. The van der Waals surface area contributed by atoms with E-state index in [0.717, 1.165) is 24.4 Å². The third-order valence-electron chi connectivity index (χ3n) is 3.55. The van der Waals surface area contributed by atoms with E-state index < -0.39 is 6.69 Å². The van der Waals surface area contributed by atoms with E-state index in [-0.39, 0.29) is 5.78 Å². The molecular formula is C19H20Cl2OSi. The summed E-state index contributed by atoms with van der Waals surface area (Å²) in [5, 5.41) is 0. The number of allylic oxidation sites excluding steroid dienone is 1. The second kappa shape index (κ2) is 8.49. The summed E-state index contributed by atoms with van der Waals surface area (Å²) in [6.07, 6.45) is 5.37. The van der Waals surface area contributed by atoms with Crippen molar-refractivity contribution in [1.29, 1.82) is 0 Å². The Hall–Kier alpha value is -1.35. The fraction of sp³-hybridized carbons (Fsp3) is 0.211. The van der Waals surface area contributed by atoms with Gasteiger partial charge in [0.15, 0.2) is 5.78 Å². The minimum absolute atomic E-state index is 0.0156. The normalized spacial score (nSPS) is 11.8. The number of carbonyl (C=O) groups is 1. The molecule has 0 amide bonds. The second-order valence-corrected chi connectivity index (χ2v) is 14.0. The van der Waals surface area contributed by atoms with Gasteiger partial charge in [-0.2, -0.15) is 0 Å². The highest BCUT2D eigenvalue weighted by atomic mass is 35.7. The zero-order valence-corrected chi connectivity index (χ0v) is 15.6. The highest BCUT2D eigenvalue weighted by Gasteiger charge is 2.19. The second-order valence-electron chi connectivity index (χ2n) is 5.73. The minimum Gasteiger partial charge on any atom is -0.289 e. The van der Waals surface area contributed by atoms with Gasteiger partial charge < -0.3 is 0 Å². The summed E-state index contributed by atoms with van der Waals surface area (Å²) in [5.41, 5.74) is 2.93. The molecule has 0 unspecified atom stereocenters. The molecule has 0 bridgehead atoms. The standard InChI is InChI=1S/C19H20Cl2OSi/c1-23(20,21)15-5-8-17-9-12-18(13-10-17)19(22)14-11-16-6-3-2-4-7-16/h2-4,6-7,9-14H,5,8,15H2,1H3. The monoisotopic (exact) mass is 362 g/mol. The van der Waals surface area contributed by atoms with Crippen molar-refractivity contribution in [2.45, 2.75) is 25.4 Å². The first-order chi connectivity index (χ1) is 10.9. The van der Waals surface area contributed by atoms with Crippen molar-refractivity contribution in [3.63, 3.8) is 0 Å². The summed E-state index contributed by atoms with van der Waals surface area (Å²) in [7, 11) is 0. The third kappa shape index (κ3) is 6.74. The van der Waals surface area contributed by atoms with Crippen LogP contribution in [0.15, 0.2) is 60.7 Å². The van der Waals surface area contributed by atoms with Crippen molar-refractivity contribution < 1.29 is 4.79 Å². The SMILES string of the molecule is C[Si](Cl)(Cl)CCCc1ccc(C(=O)C=Cc2ccccc2)cc1. The van der Waals surface area contributed by atoms with Crippen molar-refractivity contribution in [1.82, 2.24) is 0 Å². The van der Waals surface area contributed by atoms with Crippen LogP contribution in [0, 0.1) is 0 Å². The largest absolute Gasteiger partial charge is 0.289 e. The zero-order chi connectivity index (χ0) is 16.7. The molecule has 0 aromatic heterocycles. The van der Waals surface area contributed by atoms with Gasteiger partial charge in [0.05, 0.1) is 0 Å². The Balaban J connectivity index is 1.91. The van der Waals surface area contributed by atoms with Gasteiger partial charge in [0.25, 0.3) is 0 Å². The third-order valence-corrected chi connectivity index (χ3v) is 5.91. The van der Waals surface area contributed by atoms with Gasteiger partial charge in [-0.1, -0.05) is 60.7 Å². The van der Waals surface area contributed by atoms with Crippen LogP contribution in [0.5, 0.6) is 0 Å². The van der Waals surface area contributed by atoms with Gasteiger partial charge in [0.1, 0.15) is 0 Å². The molecule has 0 atom stereocenters. The molecule has 0 saturated heterocycles. The van der Waals surface area contributed by atoms with Gasteiger partial charge in [0.2, 0.25) is 6.69 Å². The molecule has 0 N–H and O–H groups in total. The van der Waals surface area contributed by atoms with E-state index >= 15 is 0 Å². The van der Waals surface area contributed by atoms with Crippen LogP contribution in [0.4, 0.5) is 0 Å². The summed E-state index contributed by atoms with van der Waals surface area (Å²) in [6, 6.07) is 18.5. The molecule has 1 nitrogen and oxygen atoms in total. The van der Waals surface area contributed by atoms with Gasteiger partial charge in [-0.05, 0) is 42.6 Å². The van der Waals surface area contributed by atoms with Crippen molar-refractivity contribution in [2.24, 2.45) is 0 Å². The van der Waals surface area contributed by atoms with E-state index in [9.17, 15) is 4.79 Å². The maximum absolute atomic E-state index is 12.2. The lowest BCUT2D eigenvalue weighted by atomic mass is 10.0. The molecule has 2 aromatic carbocycles. The van der Waals surface area contributed by atoms with Crippen LogP contribution in [0.2, 0.25) is 12.6 Å². The summed E-state index contributed by atoms with van der Waals surface area (Å²) in [5.74, 6) is 0.0156. The molecule has 2 rings (SSSR count). The lowest BCUT2D eigenvalue weighted by Gasteiger charge is -2.09. The molecule has 0 radical (unpaired) electrons. The lowest BCUT2D eigenvalue weighted by Crippen LogP contribution is -2.12. The van der Waals surface area contributed by atoms with Crippen molar-refractivity contribution in [3.8, 4) is 0 Å². The van der Waals surface area contributed by atoms with Crippen molar-refractivity contribution in [2.75, 3.05) is 0 Å². The van der Waals surface area contributed by atoms with Crippen molar-refractivity contribution >= 4 is 40.7 Å². The molecule has 120 valence electrons. The topological polar surface area (TPSA) is 17.1 Å². The van der Waals surface area contributed by atoms with Gasteiger partial charge in [-0.25, -0.2) is 0 Å². The first kappa shape index (κ1) is 18.0. The van der Waals surface area contributed by atoms with Gasteiger partial charge in [-0.3, -0.25) is 4.79 Å². The number of benzene rings is 2. The smallest absolute Gasteiger partial charge is 0.248 e. The Morgan fingerprint density at radius 1 is 1.04 bits per heavy atom. The number of carbonyl (C=O) groups excluding carboxylic acids is 1. The molecule has 2 aromatic rings. The maximum Gasteiger partial charge on any atom is 0.248 e. The van der Waals surface area contributed by atoms with E-state index in [4.69, 9.17) is 22.2 Å². The van der Waals surface area contributed by atoms with Crippen LogP contribution in [0.3, 0.4) is 0 Å². The maximum atomic E-state index is 12.2. The Kier molecular flexibility index (Phi) is 6.64. The zero-order valence-electron chi connectivity index (χ0n) is 13.1. The van der Waals surface area contributed by atoms with Gasteiger partial charge in [-0.15, -0.1) is 22.2 Å². The molecule has 4 heteroatoms.